The van der Waals surface area contributed by atoms with E-state index in [2.05, 4.69) is 207 Å². The number of pyridine rings is 1. The molecule has 9 heteroatoms. The Hall–Kier alpha value is -8.04. The fourth-order valence-electron chi connectivity index (χ4n) is 13.0. The second-order valence-corrected chi connectivity index (χ2v) is 30.8. The Labute approximate surface area is 531 Å². The van der Waals surface area contributed by atoms with Gasteiger partial charge in [-0.05, 0) is 177 Å². The predicted octanol–water partition coefficient (Wildman–Crippen LogP) is 23.7. The Morgan fingerprint density at radius 3 is 1.51 bits per heavy atom. The van der Waals surface area contributed by atoms with Gasteiger partial charge < -0.3 is 14.5 Å². The van der Waals surface area contributed by atoms with Crippen LogP contribution in [-0.4, -0.2) is 11.7 Å². The Balaban J connectivity index is 1.18. The van der Waals surface area contributed by atoms with Gasteiger partial charge in [-0.3, -0.25) is 4.98 Å². The Morgan fingerprint density at radius 2 is 0.944 bits per heavy atom. The molecule has 0 spiro atoms. The summed E-state index contributed by atoms with van der Waals surface area (Å²) in [6, 6.07) is 48.3. The lowest BCUT2D eigenvalue weighted by atomic mass is 9.71. The van der Waals surface area contributed by atoms with E-state index in [1.807, 2.05) is 74.3 Å². The first-order valence-electron chi connectivity index (χ1n) is 31.7. The molecule has 11 rings (SSSR count). The number of hydrogen-bond donors (Lipinski definition) is 0. The van der Waals surface area contributed by atoms with Crippen LogP contribution in [0.5, 0.6) is 11.5 Å². The van der Waals surface area contributed by atoms with E-state index < -0.39 is 40.1 Å². The maximum atomic E-state index is 17.0. The molecule has 1 aliphatic carbocycles. The van der Waals surface area contributed by atoms with Gasteiger partial charge in [0.05, 0.1) is 34.2 Å². The molecular formula is C81H86F5N3O. The number of para-hydroxylation sites is 2. The van der Waals surface area contributed by atoms with E-state index in [1.165, 1.54) is 27.8 Å². The summed E-state index contributed by atoms with van der Waals surface area (Å²) in [6.07, 6.45) is 1.92. The van der Waals surface area contributed by atoms with Gasteiger partial charge in [0.25, 0.3) is 0 Å². The summed E-state index contributed by atoms with van der Waals surface area (Å²) >= 11 is 0. The molecule has 1 aliphatic heterocycles. The maximum absolute atomic E-state index is 17.0. The molecule has 8 aromatic carbocycles. The van der Waals surface area contributed by atoms with E-state index in [4.69, 9.17) is 9.72 Å². The van der Waals surface area contributed by atoms with Gasteiger partial charge >= 0.3 is 0 Å². The highest BCUT2D eigenvalue weighted by Crippen LogP contribution is 2.56. The van der Waals surface area contributed by atoms with Crippen molar-refractivity contribution in [3.63, 3.8) is 0 Å². The van der Waals surface area contributed by atoms with Crippen LogP contribution in [0.4, 0.5) is 44.7 Å². The zero-order chi connectivity index (χ0) is 65.2. The molecule has 466 valence electrons. The Kier molecular flexibility index (Phi) is 16.0. The van der Waals surface area contributed by atoms with Crippen molar-refractivity contribution in [1.29, 1.82) is 0 Å². The molecule has 2 aliphatic rings. The van der Waals surface area contributed by atoms with Crippen LogP contribution in [0.15, 0.2) is 146 Å². The van der Waals surface area contributed by atoms with Gasteiger partial charge in [0.2, 0.25) is 5.82 Å². The lowest BCUT2D eigenvalue weighted by Crippen LogP contribution is -2.26. The normalized spacial score (nSPS) is 14.4. The van der Waals surface area contributed by atoms with Gasteiger partial charge in [-0.2, -0.15) is 0 Å². The van der Waals surface area contributed by atoms with Crippen LogP contribution in [0.2, 0.25) is 0 Å². The van der Waals surface area contributed by atoms with Gasteiger partial charge in [0, 0.05) is 29.1 Å². The van der Waals surface area contributed by atoms with Crippen molar-refractivity contribution in [1.82, 2.24) is 4.98 Å². The van der Waals surface area contributed by atoms with Crippen LogP contribution < -0.4 is 14.5 Å². The van der Waals surface area contributed by atoms with Gasteiger partial charge in [-0.15, -0.1) is 0 Å². The first-order valence-corrected chi connectivity index (χ1v) is 31.7. The summed E-state index contributed by atoms with van der Waals surface area (Å²) < 4.78 is 88.4. The quantitative estimate of drug-likeness (QED) is 0.0775. The van der Waals surface area contributed by atoms with Crippen molar-refractivity contribution >= 4 is 22.7 Å². The average Bonchev–Trinajstić information content (AvgIpc) is 1.49. The molecule has 0 bridgehead atoms. The molecule has 9 aromatic rings. The molecular weight excluding hydrogens is 1130 g/mol. The third-order valence-corrected chi connectivity index (χ3v) is 18.3. The summed E-state index contributed by atoms with van der Waals surface area (Å²) in [4.78, 5) is 9.18. The summed E-state index contributed by atoms with van der Waals surface area (Å²) in [5.41, 5.74) is 16.2. The highest BCUT2D eigenvalue weighted by Gasteiger charge is 2.39. The van der Waals surface area contributed by atoms with Crippen LogP contribution in [0.3, 0.4) is 0 Å². The molecule has 1 aromatic heterocycles. The second kappa shape index (κ2) is 22.7. The number of anilines is 4. The van der Waals surface area contributed by atoms with Crippen molar-refractivity contribution in [2.45, 2.75) is 176 Å². The number of fused-ring (bicyclic) bond motifs is 4. The number of nitrogens with zero attached hydrogens (tertiary/aromatic N) is 3. The summed E-state index contributed by atoms with van der Waals surface area (Å²) in [7, 11) is 0. The van der Waals surface area contributed by atoms with Crippen molar-refractivity contribution in [2.75, 3.05) is 16.5 Å². The Bertz CT molecular complexity index is 4220. The van der Waals surface area contributed by atoms with Crippen LogP contribution in [0.25, 0.3) is 44.5 Å². The largest absolute Gasteiger partial charge is 0.457 e. The highest BCUT2D eigenvalue weighted by molar-refractivity contribution is 6.00. The van der Waals surface area contributed by atoms with Gasteiger partial charge in [0.1, 0.15) is 18.2 Å². The fourth-order valence-corrected chi connectivity index (χ4v) is 13.0. The van der Waals surface area contributed by atoms with E-state index in [0.717, 1.165) is 61.6 Å². The lowest BCUT2D eigenvalue weighted by Gasteiger charge is -2.34. The summed E-state index contributed by atoms with van der Waals surface area (Å²) in [5, 5.41) is 0. The van der Waals surface area contributed by atoms with Gasteiger partial charge in [-0.1, -0.05) is 204 Å². The average molecular weight is 1210 g/mol. The van der Waals surface area contributed by atoms with Crippen molar-refractivity contribution in [3.8, 4) is 56.0 Å². The number of hydrogen-bond acceptors (Lipinski definition) is 4. The van der Waals surface area contributed by atoms with Crippen LogP contribution in [0, 0.1) is 29.1 Å². The molecule has 0 saturated carbocycles. The molecule has 1 unspecified atom stereocenters. The SMILES string of the molecule is CC(C)c1cc(-c2cc(C(C)(C)C)cc(-c3c(F)c(F)c(F)c(F)c3F)c2N2CN(c3cc(Oc4ccc5c(c4)C(c4cc(C(C)(C)C)ccn4)c4ccccc4-5)cc(-c4c(C(C)(C)C)cc(C(C)(C)C)cc4C(C)(C)C)c3)c3ccccc32)cc(C(C)C)c1. The van der Waals surface area contributed by atoms with Crippen LogP contribution >= 0.6 is 0 Å². The number of rotatable bonds is 10. The smallest absolute Gasteiger partial charge is 0.200 e. The first kappa shape index (κ1) is 63.5. The lowest BCUT2D eigenvalue weighted by molar-refractivity contribution is 0.381. The zero-order valence-corrected chi connectivity index (χ0v) is 55.9. The topological polar surface area (TPSA) is 28.6 Å². The summed E-state index contributed by atoms with van der Waals surface area (Å²) in [6.45, 7) is 41.5. The number of aromatic nitrogens is 1. The monoisotopic (exact) mass is 1210 g/mol. The van der Waals surface area contributed by atoms with Crippen LogP contribution in [-0.2, 0) is 27.1 Å². The number of halogens is 5. The molecule has 2 heterocycles. The molecule has 0 saturated heterocycles. The van der Waals surface area contributed by atoms with Crippen LogP contribution in [0.1, 0.15) is 205 Å². The number of ether oxygens (including phenoxy) is 1. The maximum Gasteiger partial charge on any atom is 0.200 e. The molecule has 1 atom stereocenters. The molecule has 0 fully saturated rings. The summed E-state index contributed by atoms with van der Waals surface area (Å²) in [5.74, 6) is -8.79. The number of benzene rings is 8. The van der Waals surface area contributed by atoms with Crippen molar-refractivity contribution in [3.05, 3.63) is 231 Å². The van der Waals surface area contributed by atoms with E-state index in [9.17, 15) is 0 Å². The minimum atomic E-state index is -2.21. The standard InChI is InChI=1S/C81H86F5N3O/c1-45(2)47-32-48(46(3)4)34-49(33-47)60-37-52(78(8,9)10)38-62(70-71(82)73(84)75(86)74(85)72(70)83)76(60)89-44-88(66-26-22-23-27-67(66)89)54-35-50(68-63(80(14,15)16)39-53(79(11,12)13)40-64(68)81(17,18)19)36-56(42-54)90-55-28-29-58-57-24-20-21-25-59(57)69(61(58)43-55)65-41-51(30-31-87-65)77(5,6)7/h20-43,45-46,69H,44H2,1-19H3. The van der Waals surface area contributed by atoms with E-state index in [0.29, 0.717) is 34.0 Å². The third-order valence-electron chi connectivity index (χ3n) is 18.3. The first-order chi connectivity index (χ1) is 42.0. The molecule has 4 nitrogen and oxygen atoms in total. The van der Waals surface area contributed by atoms with E-state index in [1.54, 1.807) is 6.07 Å². The molecule has 0 amide bonds. The fraction of sp³-hybridized carbons (Fsp3) is 0.346. The molecule has 0 N–H and O–H groups in total. The second-order valence-electron chi connectivity index (χ2n) is 30.8. The Morgan fingerprint density at radius 1 is 0.422 bits per heavy atom. The zero-order valence-electron chi connectivity index (χ0n) is 55.9. The highest BCUT2D eigenvalue weighted by atomic mass is 19.2. The minimum absolute atomic E-state index is 0.0635. The minimum Gasteiger partial charge on any atom is -0.457 e. The predicted molar refractivity (Wildman–Crippen MR) is 363 cm³/mol. The van der Waals surface area contributed by atoms with E-state index in [-0.39, 0.29) is 51.6 Å². The van der Waals surface area contributed by atoms with Crippen molar-refractivity contribution in [2.24, 2.45) is 0 Å². The van der Waals surface area contributed by atoms with Gasteiger partial charge in [0.15, 0.2) is 23.3 Å². The third kappa shape index (κ3) is 11.6. The molecule has 0 radical (unpaired) electrons. The van der Waals surface area contributed by atoms with Crippen molar-refractivity contribution < 1.29 is 26.7 Å². The van der Waals surface area contributed by atoms with E-state index >= 15 is 22.0 Å². The molecule has 90 heavy (non-hydrogen) atoms. The van der Waals surface area contributed by atoms with Gasteiger partial charge in [-0.25, -0.2) is 22.0 Å².